The van der Waals surface area contributed by atoms with Gasteiger partial charge >= 0.3 is 0 Å². The van der Waals surface area contributed by atoms with E-state index >= 15 is 0 Å². The van der Waals surface area contributed by atoms with Crippen LogP contribution < -0.4 is 15.4 Å². The van der Waals surface area contributed by atoms with Crippen molar-refractivity contribution in [1.82, 2.24) is 34.3 Å². The highest BCUT2D eigenvalue weighted by molar-refractivity contribution is 7.90. The van der Waals surface area contributed by atoms with E-state index in [-0.39, 0.29) is 29.7 Å². The first-order chi connectivity index (χ1) is 19.7. The van der Waals surface area contributed by atoms with Crippen LogP contribution in [0.2, 0.25) is 0 Å². The Balaban J connectivity index is 1.11. The number of sulfone groups is 1. The van der Waals surface area contributed by atoms with Gasteiger partial charge < -0.3 is 19.8 Å². The second-order valence-electron chi connectivity index (χ2n) is 9.76. The van der Waals surface area contributed by atoms with E-state index in [1.54, 1.807) is 29.3 Å². The summed E-state index contributed by atoms with van der Waals surface area (Å²) in [5.74, 6) is -0.929. The van der Waals surface area contributed by atoms with Gasteiger partial charge in [0.15, 0.2) is 38.5 Å². The Morgan fingerprint density at radius 3 is 2.61 bits per heavy atom. The molecule has 1 aromatic carbocycles. The molecule has 1 fully saturated rings. The molecule has 4 aromatic heterocycles. The molecule has 2 N–H and O–H groups in total. The highest BCUT2D eigenvalue weighted by Crippen LogP contribution is 2.29. The van der Waals surface area contributed by atoms with Gasteiger partial charge in [0.05, 0.1) is 35.8 Å². The maximum Gasteiger partial charge on any atom is 0.225 e. The molecule has 5 aromatic rings. The van der Waals surface area contributed by atoms with Crippen molar-refractivity contribution < 1.29 is 26.4 Å². The highest BCUT2D eigenvalue weighted by Gasteiger charge is 2.23. The summed E-state index contributed by atoms with van der Waals surface area (Å²) in [6.45, 7) is 3.26. The minimum Gasteiger partial charge on any atom is -0.489 e. The SMILES string of the molecule is CS(=O)(=O)CCOc1cc(N2CCN(CCn3ncc4c3nc(N)n3nc(-c5ccco5)nc43)CC2)c(F)cc1F. The first-order valence-electron chi connectivity index (χ1n) is 12.8. The van der Waals surface area contributed by atoms with E-state index < -0.39 is 21.5 Å². The molecule has 13 nitrogen and oxygen atoms in total. The van der Waals surface area contributed by atoms with Crippen molar-refractivity contribution >= 4 is 38.2 Å². The number of piperazine rings is 1. The van der Waals surface area contributed by atoms with Crippen molar-refractivity contribution in [2.24, 2.45) is 0 Å². The molecule has 0 spiro atoms. The van der Waals surface area contributed by atoms with Crippen molar-refractivity contribution in [2.75, 3.05) is 62.0 Å². The fourth-order valence-corrected chi connectivity index (χ4v) is 5.14. The number of ether oxygens (including phenoxy) is 1. The van der Waals surface area contributed by atoms with E-state index in [1.807, 2.05) is 4.90 Å². The van der Waals surface area contributed by atoms with Crippen LogP contribution in [0.25, 0.3) is 28.3 Å². The summed E-state index contributed by atoms with van der Waals surface area (Å²) in [5, 5.41) is 9.60. The molecule has 0 amide bonds. The van der Waals surface area contributed by atoms with Gasteiger partial charge in [0.1, 0.15) is 12.4 Å². The molecular formula is C25H27F2N9O4S. The van der Waals surface area contributed by atoms with E-state index in [0.717, 1.165) is 12.3 Å². The number of fused-ring (bicyclic) bond motifs is 3. The van der Waals surface area contributed by atoms with Gasteiger partial charge in [-0.2, -0.15) is 14.6 Å². The third kappa shape index (κ3) is 5.52. The normalized spacial score (nSPS) is 14.9. The minimum atomic E-state index is -3.27. The monoisotopic (exact) mass is 587 g/mol. The fraction of sp³-hybridized carbons (Fsp3) is 0.360. The summed E-state index contributed by atoms with van der Waals surface area (Å²) in [7, 11) is -3.27. The Bertz CT molecular complexity index is 1810. The molecule has 0 saturated carbocycles. The smallest absolute Gasteiger partial charge is 0.225 e. The van der Waals surface area contributed by atoms with Crippen molar-refractivity contribution in [2.45, 2.75) is 6.54 Å². The van der Waals surface area contributed by atoms with E-state index in [1.165, 1.54) is 10.6 Å². The molecule has 0 atom stereocenters. The molecule has 16 heteroatoms. The summed E-state index contributed by atoms with van der Waals surface area (Å²) < 4.78 is 65.5. The maximum absolute atomic E-state index is 14.6. The molecule has 1 aliphatic heterocycles. The Morgan fingerprint density at radius 2 is 1.88 bits per heavy atom. The van der Waals surface area contributed by atoms with Crippen LogP contribution in [0.4, 0.5) is 20.4 Å². The molecule has 1 saturated heterocycles. The minimum absolute atomic E-state index is 0.175. The number of aromatic nitrogens is 6. The second kappa shape index (κ2) is 10.6. The van der Waals surface area contributed by atoms with Crippen LogP contribution in [-0.4, -0.2) is 94.0 Å². The number of hydrogen-bond acceptors (Lipinski definition) is 11. The Hall–Kier alpha value is -4.31. The number of nitrogens with zero attached hydrogens (tertiary/aromatic N) is 8. The Labute approximate surface area is 233 Å². The van der Waals surface area contributed by atoms with Crippen LogP contribution in [0.1, 0.15) is 0 Å². The van der Waals surface area contributed by atoms with E-state index in [2.05, 4.69) is 25.1 Å². The van der Waals surface area contributed by atoms with E-state index in [9.17, 15) is 17.2 Å². The van der Waals surface area contributed by atoms with Gasteiger partial charge in [-0.15, -0.1) is 5.10 Å². The van der Waals surface area contributed by atoms with Gasteiger partial charge in [0.2, 0.25) is 11.8 Å². The Morgan fingerprint density at radius 1 is 1.07 bits per heavy atom. The molecule has 5 heterocycles. The summed E-state index contributed by atoms with van der Waals surface area (Å²) >= 11 is 0. The van der Waals surface area contributed by atoms with E-state index in [4.69, 9.17) is 14.9 Å². The molecule has 41 heavy (non-hydrogen) atoms. The average Bonchev–Trinajstić information content (AvgIpc) is 3.68. The van der Waals surface area contributed by atoms with E-state index in [0.29, 0.717) is 67.5 Å². The lowest BCUT2D eigenvalue weighted by molar-refractivity contribution is 0.245. The van der Waals surface area contributed by atoms with Crippen molar-refractivity contribution in [3.05, 3.63) is 48.4 Å². The zero-order valence-corrected chi connectivity index (χ0v) is 22.9. The number of hydrogen-bond donors (Lipinski definition) is 1. The Kier molecular flexibility index (Phi) is 6.94. The van der Waals surface area contributed by atoms with Crippen LogP contribution >= 0.6 is 0 Å². The largest absolute Gasteiger partial charge is 0.489 e. The predicted octanol–water partition coefficient (Wildman–Crippen LogP) is 1.84. The first-order valence-corrected chi connectivity index (χ1v) is 14.9. The van der Waals surface area contributed by atoms with Crippen molar-refractivity contribution in [3.8, 4) is 17.3 Å². The van der Waals surface area contributed by atoms with Gasteiger partial charge in [0, 0.05) is 51.1 Å². The number of nitrogen functional groups attached to an aromatic ring is 1. The van der Waals surface area contributed by atoms with Crippen molar-refractivity contribution in [1.29, 1.82) is 0 Å². The topological polar surface area (TPSA) is 150 Å². The van der Waals surface area contributed by atoms with Crippen LogP contribution in [-0.2, 0) is 16.4 Å². The predicted molar refractivity (Wildman–Crippen MR) is 146 cm³/mol. The lowest BCUT2D eigenvalue weighted by Crippen LogP contribution is -2.47. The van der Waals surface area contributed by atoms with Gasteiger partial charge in [0.25, 0.3) is 0 Å². The number of anilines is 2. The molecular weight excluding hydrogens is 560 g/mol. The van der Waals surface area contributed by atoms with Gasteiger partial charge in [-0.25, -0.2) is 26.9 Å². The number of nitrogens with two attached hydrogens (primary N) is 1. The fourth-order valence-electron chi connectivity index (χ4n) is 4.75. The molecule has 6 rings (SSSR count). The third-order valence-corrected chi connectivity index (χ3v) is 7.80. The highest BCUT2D eigenvalue weighted by atomic mass is 32.2. The van der Waals surface area contributed by atoms with Gasteiger partial charge in [-0.05, 0) is 12.1 Å². The standard InChI is InChI=1S/C25H27F2N9O4S/c1-41(37,38)12-11-40-21-14-19(17(26)13-18(21)27)34-7-4-33(5-8-34)6-9-35-23-16(15-29-35)24-30-22(20-3-2-10-39-20)32-36(24)25(28)31-23/h2-3,10,13-15H,4-9,11-12H2,1H3,(H2,28,31). The number of benzene rings is 1. The third-order valence-electron chi connectivity index (χ3n) is 6.89. The van der Waals surface area contributed by atoms with Crippen LogP contribution in [0, 0.1) is 11.6 Å². The lowest BCUT2D eigenvalue weighted by atomic mass is 10.2. The lowest BCUT2D eigenvalue weighted by Gasteiger charge is -2.36. The maximum atomic E-state index is 14.6. The molecule has 216 valence electrons. The zero-order chi connectivity index (χ0) is 28.7. The molecule has 1 aliphatic rings. The number of rotatable bonds is 9. The van der Waals surface area contributed by atoms with Crippen LogP contribution in [0.3, 0.4) is 0 Å². The van der Waals surface area contributed by atoms with Gasteiger partial charge in [-0.3, -0.25) is 4.90 Å². The van der Waals surface area contributed by atoms with Gasteiger partial charge in [-0.1, -0.05) is 0 Å². The molecule has 0 aliphatic carbocycles. The van der Waals surface area contributed by atoms with Crippen LogP contribution in [0.5, 0.6) is 5.75 Å². The second-order valence-corrected chi connectivity index (χ2v) is 12.0. The summed E-state index contributed by atoms with van der Waals surface area (Å²) in [5.41, 5.74) is 7.50. The van der Waals surface area contributed by atoms with Crippen molar-refractivity contribution in [3.63, 3.8) is 0 Å². The molecule has 0 unspecified atom stereocenters. The summed E-state index contributed by atoms with van der Waals surface area (Å²) in [4.78, 5) is 13.1. The molecule has 0 bridgehead atoms. The number of furan rings is 1. The average molecular weight is 588 g/mol. The molecule has 0 radical (unpaired) electrons. The van der Waals surface area contributed by atoms with Crippen LogP contribution in [0.15, 0.2) is 41.1 Å². The zero-order valence-electron chi connectivity index (χ0n) is 22.1. The number of halogens is 2. The summed E-state index contributed by atoms with van der Waals surface area (Å²) in [6.07, 6.45) is 4.29. The quantitative estimate of drug-likeness (QED) is 0.269. The summed E-state index contributed by atoms with van der Waals surface area (Å²) in [6, 6.07) is 5.57. The first kappa shape index (κ1) is 26.9.